The van der Waals surface area contributed by atoms with Gasteiger partial charge in [-0.15, -0.1) is 0 Å². The number of rotatable bonds is 6. The highest BCUT2D eigenvalue weighted by molar-refractivity contribution is 6.15. The molecule has 0 spiro atoms. The molecule has 0 atom stereocenters. The Hall–Kier alpha value is -8.14. The number of fused-ring (bicyclic) bond motifs is 10. The molecule has 0 fully saturated rings. The highest BCUT2D eigenvalue weighted by Crippen LogP contribution is 2.51. The topological polar surface area (TPSA) is 21.3 Å². The molecule has 12 aromatic rings. The minimum atomic E-state index is -0.119. The highest BCUT2D eigenvalue weighted by Gasteiger charge is 2.36. The van der Waals surface area contributed by atoms with Crippen molar-refractivity contribution in [3.63, 3.8) is 0 Å². The summed E-state index contributed by atoms with van der Waals surface area (Å²) in [6, 6.07) is 79.8. The van der Waals surface area contributed by atoms with Crippen LogP contribution >= 0.6 is 0 Å². The Bertz CT molecular complexity index is 3840. The second kappa shape index (κ2) is 13.9. The van der Waals surface area contributed by atoms with E-state index >= 15 is 0 Å². The molecule has 2 heterocycles. The fourth-order valence-corrected chi connectivity index (χ4v) is 10.7. The van der Waals surface area contributed by atoms with E-state index in [2.05, 4.69) is 236 Å². The standard InChI is InChI=1S/C61H42N2O/c1-61(2)53-24-10-7-21-48(53)49-33-32-45(38-54(49)61)62(44-31-29-39-15-3-4-16-40(39)35-44)43-18-13-17-41(36-43)46-19-5-6-20-47(46)42-30-34-56-52(37-42)50-22-8-11-25-55(50)63(56)57-26-14-28-59-60(57)51-23-9-12-27-58(51)64-59/h3-38H,1-2H3. The molecule has 0 amide bonds. The summed E-state index contributed by atoms with van der Waals surface area (Å²) in [6.07, 6.45) is 0. The van der Waals surface area contributed by atoms with Crippen LogP contribution in [-0.2, 0) is 5.41 Å². The predicted octanol–water partition coefficient (Wildman–Crippen LogP) is 16.9. The van der Waals surface area contributed by atoms with Crippen LogP contribution in [0.5, 0.6) is 0 Å². The van der Waals surface area contributed by atoms with Crippen LogP contribution in [0.4, 0.5) is 17.1 Å². The van der Waals surface area contributed by atoms with Crippen molar-refractivity contribution in [3.8, 4) is 39.1 Å². The zero-order valence-electron chi connectivity index (χ0n) is 35.6. The molecule has 0 aliphatic heterocycles. The number of hydrogen-bond acceptors (Lipinski definition) is 2. The van der Waals surface area contributed by atoms with Gasteiger partial charge < -0.3 is 13.9 Å². The fraction of sp³-hybridized carbons (Fsp3) is 0.0492. The average molecular weight is 819 g/mol. The average Bonchev–Trinajstić information content (AvgIpc) is 3.97. The van der Waals surface area contributed by atoms with Crippen molar-refractivity contribution in [2.24, 2.45) is 0 Å². The van der Waals surface area contributed by atoms with Crippen molar-refractivity contribution < 1.29 is 4.42 Å². The third-order valence-corrected chi connectivity index (χ3v) is 13.8. The molecule has 0 unspecified atom stereocenters. The van der Waals surface area contributed by atoms with E-state index in [-0.39, 0.29) is 5.41 Å². The maximum atomic E-state index is 6.36. The van der Waals surface area contributed by atoms with Gasteiger partial charge in [0.15, 0.2) is 0 Å². The van der Waals surface area contributed by atoms with Crippen LogP contribution in [-0.4, -0.2) is 4.57 Å². The van der Waals surface area contributed by atoms with Gasteiger partial charge in [-0.05, 0) is 128 Å². The Morgan fingerprint density at radius 2 is 1.02 bits per heavy atom. The Labute approximate surface area is 371 Å². The van der Waals surface area contributed by atoms with E-state index in [4.69, 9.17) is 4.42 Å². The van der Waals surface area contributed by atoms with E-state index in [0.717, 1.165) is 55.8 Å². The lowest BCUT2D eigenvalue weighted by molar-refractivity contribution is 0.660. The summed E-state index contributed by atoms with van der Waals surface area (Å²) in [4.78, 5) is 2.43. The summed E-state index contributed by atoms with van der Waals surface area (Å²) in [7, 11) is 0. The molecule has 13 rings (SSSR count). The molecule has 0 saturated heterocycles. The normalized spacial score (nSPS) is 13.0. The number of hydrogen-bond donors (Lipinski definition) is 0. The molecule has 3 heteroatoms. The van der Waals surface area contributed by atoms with Crippen molar-refractivity contribution >= 4 is 71.6 Å². The van der Waals surface area contributed by atoms with Crippen molar-refractivity contribution in [1.82, 2.24) is 4.57 Å². The van der Waals surface area contributed by atoms with Crippen molar-refractivity contribution in [1.29, 1.82) is 0 Å². The van der Waals surface area contributed by atoms with E-state index < -0.39 is 0 Å². The molecule has 0 saturated carbocycles. The molecule has 0 radical (unpaired) electrons. The first-order chi connectivity index (χ1) is 31.5. The van der Waals surface area contributed by atoms with E-state index in [1.165, 1.54) is 66.0 Å². The second-order valence-electron chi connectivity index (χ2n) is 17.7. The first-order valence-corrected chi connectivity index (χ1v) is 22.2. The molecule has 3 nitrogen and oxygen atoms in total. The molecular weight excluding hydrogens is 777 g/mol. The summed E-state index contributed by atoms with van der Waals surface area (Å²) in [5.41, 5.74) is 18.6. The van der Waals surface area contributed by atoms with Crippen molar-refractivity contribution in [2.45, 2.75) is 19.3 Å². The minimum absolute atomic E-state index is 0.119. The third-order valence-electron chi connectivity index (χ3n) is 13.8. The highest BCUT2D eigenvalue weighted by atomic mass is 16.3. The molecule has 2 aromatic heterocycles. The number of para-hydroxylation sites is 2. The lowest BCUT2D eigenvalue weighted by Crippen LogP contribution is -2.16. The van der Waals surface area contributed by atoms with Crippen LogP contribution in [0.2, 0.25) is 0 Å². The Morgan fingerprint density at radius 1 is 0.391 bits per heavy atom. The molecule has 0 N–H and O–H groups in total. The Kier molecular flexibility index (Phi) is 7.95. The maximum Gasteiger partial charge on any atom is 0.137 e. The Balaban J connectivity index is 0.958. The van der Waals surface area contributed by atoms with E-state index in [1.807, 2.05) is 6.07 Å². The van der Waals surface area contributed by atoms with Gasteiger partial charge in [0.2, 0.25) is 0 Å². The molecule has 0 bridgehead atoms. The van der Waals surface area contributed by atoms with Crippen LogP contribution in [0.1, 0.15) is 25.0 Å². The largest absolute Gasteiger partial charge is 0.456 e. The van der Waals surface area contributed by atoms with Crippen LogP contribution < -0.4 is 4.90 Å². The number of anilines is 3. The monoisotopic (exact) mass is 818 g/mol. The maximum absolute atomic E-state index is 6.36. The summed E-state index contributed by atoms with van der Waals surface area (Å²) < 4.78 is 8.77. The summed E-state index contributed by atoms with van der Waals surface area (Å²) in [5, 5.41) is 7.12. The van der Waals surface area contributed by atoms with Gasteiger partial charge >= 0.3 is 0 Å². The molecule has 10 aromatic carbocycles. The minimum Gasteiger partial charge on any atom is -0.456 e. The van der Waals surface area contributed by atoms with Gasteiger partial charge in [-0.25, -0.2) is 0 Å². The predicted molar refractivity (Wildman–Crippen MR) is 269 cm³/mol. The summed E-state index contributed by atoms with van der Waals surface area (Å²) in [6.45, 7) is 4.71. The molecular formula is C61H42N2O. The third kappa shape index (κ3) is 5.47. The van der Waals surface area contributed by atoms with Crippen LogP contribution in [0.25, 0.3) is 93.6 Å². The number of furan rings is 1. The molecule has 64 heavy (non-hydrogen) atoms. The summed E-state index contributed by atoms with van der Waals surface area (Å²) in [5.74, 6) is 0. The number of nitrogens with zero attached hydrogens (tertiary/aromatic N) is 2. The van der Waals surface area contributed by atoms with Crippen LogP contribution in [0.3, 0.4) is 0 Å². The van der Waals surface area contributed by atoms with Crippen LogP contribution in [0, 0.1) is 0 Å². The van der Waals surface area contributed by atoms with E-state index in [0.29, 0.717) is 0 Å². The Morgan fingerprint density at radius 3 is 1.89 bits per heavy atom. The van der Waals surface area contributed by atoms with Gasteiger partial charge in [0.1, 0.15) is 11.2 Å². The zero-order chi connectivity index (χ0) is 42.5. The quantitative estimate of drug-likeness (QED) is 0.167. The van der Waals surface area contributed by atoms with Gasteiger partial charge in [-0.2, -0.15) is 0 Å². The molecule has 302 valence electrons. The summed E-state index contributed by atoms with van der Waals surface area (Å²) >= 11 is 0. The second-order valence-corrected chi connectivity index (χ2v) is 17.7. The van der Waals surface area contributed by atoms with E-state index in [9.17, 15) is 0 Å². The van der Waals surface area contributed by atoms with Crippen LogP contribution in [0.15, 0.2) is 223 Å². The van der Waals surface area contributed by atoms with Gasteiger partial charge in [0.05, 0.1) is 22.1 Å². The number of aromatic nitrogens is 1. The lowest BCUT2D eigenvalue weighted by atomic mass is 9.82. The van der Waals surface area contributed by atoms with Crippen molar-refractivity contribution in [3.05, 3.63) is 230 Å². The smallest absolute Gasteiger partial charge is 0.137 e. The first kappa shape index (κ1) is 36.5. The van der Waals surface area contributed by atoms with E-state index in [1.54, 1.807) is 0 Å². The molecule has 1 aliphatic carbocycles. The lowest BCUT2D eigenvalue weighted by Gasteiger charge is -2.29. The van der Waals surface area contributed by atoms with Gasteiger partial charge in [-0.1, -0.05) is 159 Å². The number of benzene rings is 10. The first-order valence-electron chi connectivity index (χ1n) is 22.2. The van der Waals surface area contributed by atoms with Crippen molar-refractivity contribution in [2.75, 3.05) is 4.90 Å². The zero-order valence-corrected chi connectivity index (χ0v) is 35.6. The van der Waals surface area contributed by atoms with Gasteiger partial charge in [0.25, 0.3) is 0 Å². The van der Waals surface area contributed by atoms with Gasteiger partial charge in [-0.3, -0.25) is 0 Å². The fourth-order valence-electron chi connectivity index (χ4n) is 10.7. The van der Waals surface area contributed by atoms with Gasteiger partial charge in [0, 0.05) is 38.6 Å². The SMILES string of the molecule is CC1(C)c2ccccc2-c2ccc(N(c3cccc(-c4ccccc4-c4ccc5c(c4)c4ccccc4n5-c4cccc5oc6ccccc6c45)c3)c3ccc4ccccc4c3)cc21. The molecule has 1 aliphatic rings.